The lowest BCUT2D eigenvalue weighted by molar-refractivity contribution is 0.102. The van der Waals surface area contributed by atoms with Crippen molar-refractivity contribution >= 4 is 29.1 Å². The second kappa shape index (κ2) is 6.19. The predicted molar refractivity (Wildman–Crippen MR) is 67.9 cm³/mol. The van der Waals surface area contributed by atoms with Crippen LogP contribution in [0.25, 0.3) is 0 Å². The molecule has 0 aliphatic rings. The van der Waals surface area contributed by atoms with Crippen LogP contribution in [0, 0.1) is 5.92 Å². The van der Waals surface area contributed by atoms with Crippen LogP contribution in [0.2, 0.25) is 5.02 Å². The van der Waals surface area contributed by atoms with Gasteiger partial charge in [0, 0.05) is 5.56 Å². The molecule has 1 rings (SSSR count). The zero-order valence-electron chi connectivity index (χ0n) is 9.00. The lowest BCUT2D eigenvalue weighted by Crippen LogP contribution is -2.05. The second-order valence-corrected chi connectivity index (χ2v) is 5.25. The van der Waals surface area contributed by atoms with E-state index in [9.17, 15) is 4.79 Å². The van der Waals surface area contributed by atoms with Gasteiger partial charge in [-0.3, -0.25) is 4.79 Å². The first kappa shape index (κ1) is 12.6. The number of halogens is 1. The normalized spacial score (nSPS) is 10.7. The van der Waals surface area contributed by atoms with Crippen LogP contribution in [0.1, 0.15) is 24.2 Å². The van der Waals surface area contributed by atoms with Crippen LogP contribution in [-0.4, -0.2) is 17.3 Å². The summed E-state index contributed by atoms with van der Waals surface area (Å²) in [5.74, 6) is 2.26. The van der Waals surface area contributed by atoms with E-state index < -0.39 is 0 Å². The molecule has 82 valence electrons. The van der Waals surface area contributed by atoms with Crippen molar-refractivity contribution in [1.82, 2.24) is 0 Å². The Bertz CT molecular complexity index is 336. The van der Waals surface area contributed by atoms with Gasteiger partial charge < -0.3 is 0 Å². The molecule has 0 radical (unpaired) electrons. The van der Waals surface area contributed by atoms with Crippen LogP contribution in [0.3, 0.4) is 0 Å². The van der Waals surface area contributed by atoms with Crippen molar-refractivity contribution in [3.8, 4) is 0 Å². The summed E-state index contributed by atoms with van der Waals surface area (Å²) in [6.07, 6.45) is 0. The predicted octanol–water partition coefficient (Wildman–Crippen LogP) is 3.91. The van der Waals surface area contributed by atoms with E-state index in [4.69, 9.17) is 11.6 Å². The van der Waals surface area contributed by atoms with E-state index in [0.29, 0.717) is 22.3 Å². The molecule has 0 spiro atoms. The summed E-state index contributed by atoms with van der Waals surface area (Å²) >= 11 is 7.60. The molecule has 0 fully saturated rings. The number of hydrogen-bond donors (Lipinski definition) is 0. The monoisotopic (exact) mass is 242 g/mol. The third-order valence-electron chi connectivity index (χ3n) is 1.86. The van der Waals surface area contributed by atoms with Gasteiger partial charge in [-0.25, -0.2) is 0 Å². The molecule has 0 unspecified atom stereocenters. The molecule has 0 heterocycles. The average molecular weight is 243 g/mol. The van der Waals surface area contributed by atoms with Crippen molar-refractivity contribution in [3.05, 3.63) is 34.9 Å². The minimum atomic E-state index is 0.117. The molecule has 0 saturated carbocycles. The lowest BCUT2D eigenvalue weighted by atomic mass is 10.1. The summed E-state index contributed by atoms with van der Waals surface area (Å²) in [5, 5.41) is 0.549. The number of thioether (sulfide) groups is 1. The first-order valence-corrected chi connectivity index (χ1v) is 6.50. The van der Waals surface area contributed by atoms with Crippen LogP contribution in [-0.2, 0) is 0 Å². The van der Waals surface area contributed by atoms with Gasteiger partial charge in [-0.15, -0.1) is 0 Å². The summed E-state index contributed by atoms with van der Waals surface area (Å²) < 4.78 is 0. The third kappa shape index (κ3) is 4.27. The Balaban J connectivity index is 2.51. The number of carbonyl (C=O) groups excluding carboxylic acids is 1. The molecule has 1 nitrogen and oxygen atoms in total. The molecule has 0 atom stereocenters. The minimum Gasteiger partial charge on any atom is -0.293 e. The summed E-state index contributed by atoms with van der Waals surface area (Å²) in [7, 11) is 0. The number of carbonyl (C=O) groups is 1. The molecular formula is C12H15ClOS. The number of benzene rings is 1. The highest BCUT2D eigenvalue weighted by Gasteiger charge is 2.09. The van der Waals surface area contributed by atoms with Crippen LogP contribution in [0.5, 0.6) is 0 Å². The topological polar surface area (TPSA) is 17.1 Å². The van der Waals surface area contributed by atoms with E-state index in [2.05, 4.69) is 13.8 Å². The molecule has 1 aromatic rings. The fraction of sp³-hybridized carbons (Fsp3) is 0.417. The smallest absolute Gasteiger partial charge is 0.174 e. The average Bonchev–Trinajstić information content (AvgIpc) is 2.17. The number of Topliss-reactive ketones (excluding diaryl/α,β-unsaturated/α-hetero) is 1. The van der Waals surface area contributed by atoms with Gasteiger partial charge in [-0.05, 0) is 23.8 Å². The Hall–Kier alpha value is -0.470. The van der Waals surface area contributed by atoms with Gasteiger partial charge in [0.25, 0.3) is 0 Å². The molecule has 0 aliphatic carbocycles. The van der Waals surface area contributed by atoms with Crippen LogP contribution >= 0.6 is 23.4 Å². The summed E-state index contributed by atoms with van der Waals surface area (Å²) in [4.78, 5) is 11.7. The second-order valence-electron chi connectivity index (χ2n) is 3.81. The molecule has 0 bridgehead atoms. The Morgan fingerprint density at radius 1 is 1.40 bits per heavy atom. The highest BCUT2D eigenvalue weighted by Crippen LogP contribution is 2.18. The molecule has 0 saturated heterocycles. The summed E-state index contributed by atoms with van der Waals surface area (Å²) in [6, 6.07) is 7.20. The van der Waals surface area contributed by atoms with E-state index in [0.717, 1.165) is 5.75 Å². The number of hydrogen-bond acceptors (Lipinski definition) is 2. The summed E-state index contributed by atoms with van der Waals surface area (Å²) in [5.41, 5.74) is 0.635. The fourth-order valence-electron chi connectivity index (χ4n) is 1.15. The van der Waals surface area contributed by atoms with Crippen molar-refractivity contribution in [3.63, 3.8) is 0 Å². The molecule has 0 aliphatic heterocycles. The molecule has 15 heavy (non-hydrogen) atoms. The van der Waals surface area contributed by atoms with E-state index in [-0.39, 0.29) is 5.78 Å². The standard InChI is InChI=1S/C12H15ClOS/c1-9(2)7-15-8-12(14)10-5-3-4-6-11(10)13/h3-6,9H,7-8H2,1-2H3. The molecular weight excluding hydrogens is 228 g/mol. The molecule has 0 aromatic heterocycles. The van der Waals surface area contributed by atoms with Gasteiger partial charge in [0.05, 0.1) is 10.8 Å². The maximum Gasteiger partial charge on any atom is 0.174 e. The summed E-state index contributed by atoms with van der Waals surface area (Å²) in [6.45, 7) is 4.29. The van der Waals surface area contributed by atoms with Crippen LogP contribution in [0.15, 0.2) is 24.3 Å². The van der Waals surface area contributed by atoms with Crippen LogP contribution in [0.4, 0.5) is 0 Å². The maximum absolute atomic E-state index is 11.7. The minimum absolute atomic E-state index is 0.117. The Morgan fingerprint density at radius 2 is 2.07 bits per heavy atom. The molecule has 0 amide bonds. The van der Waals surface area contributed by atoms with Crippen molar-refractivity contribution in [1.29, 1.82) is 0 Å². The van der Waals surface area contributed by atoms with Crippen molar-refractivity contribution < 1.29 is 4.79 Å². The first-order valence-electron chi connectivity index (χ1n) is 4.96. The Kier molecular flexibility index (Phi) is 5.20. The van der Waals surface area contributed by atoms with Gasteiger partial charge in [0.15, 0.2) is 5.78 Å². The molecule has 1 aromatic carbocycles. The van der Waals surface area contributed by atoms with Gasteiger partial charge in [0.1, 0.15) is 0 Å². The SMILES string of the molecule is CC(C)CSCC(=O)c1ccccc1Cl. The van der Waals surface area contributed by atoms with E-state index >= 15 is 0 Å². The maximum atomic E-state index is 11.7. The van der Waals surface area contributed by atoms with E-state index in [1.54, 1.807) is 23.9 Å². The number of rotatable bonds is 5. The van der Waals surface area contributed by atoms with Gasteiger partial charge in [0.2, 0.25) is 0 Å². The van der Waals surface area contributed by atoms with E-state index in [1.807, 2.05) is 12.1 Å². The van der Waals surface area contributed by atoms with Crippen LogP contribution < -0.4 is 0 Å². The van der Waals surface area contributed by atoms with Crippen molar-refractivity contribution in [2.75, 3.05) is 11.5 Å². The first-order chi connectivity index (χ1) is 7.11. The molecule has 3 heteroatoms. The highest BCUT2D eigenvalue weighted by molar-refractivity contribution is 7.99. The highest BCUT2D eigenvalue weighted by atomic mass is 35.5. The van der Waals surface area contributed by atoms with Gasteiger partial charge in [-0.1, -0.05) is 37.6 Å². The number of ketones is 1. The fourth-order valence-corrected chi connectivity index (χ4v) is 2.32. The Labute approximate surface area is 100 Å². The third-order valence-corrected chi connectivity index (χ3v) is 3.56. The quantitative estimate of drug-likeness (QED) is 0.729. The zero-order valence-corrected chi connectivity index (χ0v) is 10.6. The van der Waals surface area contributed by atoms with Crippen molar-refractivity contribution in [2.45, 2.75) is 13.8 Å². The zero-order chi connectivity index (χ0) is 11.3. The van der Waals surface area contributed by atoms with Gasteiger partial charge in [-0.2, -0.15) is 11.8 Å². The molecule has 0 N–H and O–H groups in total. The van der Waals surface area contributed by atoms with Gasteiger partial charge >= 0.3 is 0 Å². The van der Waals surface area contributed by atoms with Crippen molar-refractivity contribution in [2.24, 2.45) is 5.92 Å². The lowest BCUT2D eigenvalue weighted by Gasteiger charge is -2.05. The van der Waals surface area contributed by atoms with E-state index in [1.165, 1.54) is 0 Å². The largest absolute Gasteiger partial charge is 0.293 e. The Morgan fingerprint density at radius 3 is 2.67 bits per heavy atom.